The van der Waals surface area contributed by atoms with E-state index in [0.29, 0.717) is 17.7 Å². The number of aromatic nitrogens is 1. The highest BCUT2D eigenvalue weighted by atomic mass is 35.5. The van der Waals surface area contributed by atoms with E-state index in [4.69, 9.17) is 16.7 Å². The molecule has 1 atom stereocenters. The topological polar surface area (TPSA) is 93.4 Å². The number of para-hydroxylation sites is 1. The Morgan fingerprint density at radius 1 is 1.36 bits per heavy atom. The summed E-state index contributed by atoms with van der Waals surface area (Å²) in [5.74, 6) is -0.652. The van der Waals surface area contributed by atoms with Crippen LogP contribution in [0.25, 0.3) is 10.9 Å². The van der Waals surface area contributed by atoms with Crippen LogP contribution in [0.5, 0.6) is 0 Å². The molecule has 1 aliphatic heterocycles. The van der Waals surface area contributed by atoms with Crippen LogP contribution in [-0.2, 0) is 14.8 Å². The van der Waals surface area contributed by atoms with E-state index in [1.54, 1.807) is 11.0 Å². The molecule has 8 heteroatoms. The number of benzene rings is 1. The fourth-order valence-electron chi connectivity index (χ4n) is 2.80. The molecule has 0 radical (unpaired) electrons. The quantitative estimate of drug-likeness (QED) is 0.858. The predicted molar refractivity (Wildman–Crippen MR) is 85.2 cm³/mol. The molecule has 1 saturated heterocycles. The first kappa shape index (κ1) is 15.2. The first-order valence-electron chi connectivity index (χ1n) is 6.69. The molecule has 1 fully saturated rings. The van der Waals surface area contributed by atoms with Gasteiger partial charge in [0.1, 0.15) is 5.15 Å². The minimum atomic E-state index is -3.60. The Bertz CT molecular complexity index is 854. The van der Waals surface area contributed by atoms with Gasteiger partial charge in [-0.2, -0.15) is 0 Å². The van der Waals surface area contributed by atoms with Gasteiger partial charge in [0, 0.05) is 24.3 Å². The van der Waals surface area contributed by atoms with Crippen molar-refractivity contribution >= 4 is 44.1 Å². The maximum atomic E-state index is 12.3. The second kappa shape index (κ2) is 5.49. The van der Waals surface area contributed by atoms with E-state index >= 15 is 0 Å². The van der Waals surface area contributed by atoms with Crippen LogP contribution in [0.4, 0.5) is 5.69 Å². The molecule has 0 saturated carbocycles. The van der Waals surface area contributed by atoms with E-state index in [2.05, 4.69) is 4.98 Å². The number of anilines is 1. The number of halogens is 1. The molecule has 1 aromatic carbocycles. The van der Waals surface area contributed by atoms with Gasteiger partial charge in [-0.1, -0.05) is 29.8 Å². The summed E-state index contributed by atoms with van der Waals surface area (Å²) in [6.07, 6.45) is 0.157. The maximum absolute atomic E-state index is 12.3. The third kappa shape index (κ3) is 3.06. The largest absolute Gasteiger partial charge is 0.311 e. The standard InChI is InChI=1S/C14H14ClN3O3S/c15-13-6-12(10-3-1-2-4-11(10)17-13)18-7-9(5-14(18)19)8-22(16,20)21/h1-4,6,9H,5,7-8H2,(H2,16,20,21). The van der Waals surface area contributed by atoms with Crippen LogP contribution in [0.2, 0.25) is 5.15 Å². The molecule has 1 aromatic heterocycles. The smallest absolute Gasteiger partial charge is 0.227 e. The van der Waals surface area contributed by atoms with Crippen molar-refractivity contribution in [1.29, 1.82) is 0 Å². The van der Waals surface area contributed by atoms with Gasteiger partial charge in [-0.3, -0.25) is 4.79 Å². The fraction of sp³-hybridized carbons (Fsp3) is 0.286. The highest BCUT2D eigenvalue weighted by Gasteiger charge is 2.33. The van der Waals surface area contributed by atoms with Crippen LogP contribution in [0, 0.1) is 5.92 Å². The number of nitrogens with zero attached hydrogens (tertiary/aromatic N) is 2. The summed E-state index contributed by atoms with van der Waals surface area (Å²) >= 11 is 6.03. The van der Waals surface area contributed by atoms with Crippen molar-refractivity contribution in [3.63, 3.8) is 0 Å². The Hall–Kier alpha value is -1.70. The first-order valence-corrected chi connectivity index (χ1v) is 8.79. The van der Waals surface area contributed by atoms with E-state index in [1.807, 2.05) is 24.3 Å². The summed E-state index contributed by atoms with van der Waals surface area (Å²) < 4.78 is 22.4. The van der Waals surface area contributed by atoms with Crippen LogP contribution in [0.3, 0.4) is 0 Å². The van der Waals surface area contributed by atoms with Crippen molar-refractivity contribution in [3.8, 4) is 0 Å². The molecule has 2 heterocycles. The molecule has 1 amide bonds. The molecule has 1 aliphatic rings. The Morgan fingerprint density at radius 2 is 2.09 bits per heavy atom. The van der Waals surface area contributed by atoms with Gasteiger partial charge in [-0.25, -0.2) is 18.5 Å². The van der Waals surface area contributed by atoms with Crippen LogP contribution in [0.1, 0.15) is 6.42 Å². The van der Waals surface area contributed by atoms with Crippen molar-refractivity contribution in [3.05, 3.63) is 35.5 Å². The normalized spacial score (nSPS) is 19.1. The molecule has 0 bridgehead atoms. The van der Waals surface area contributed by atoms with Gasteiger partial charge in [0.05, 0.1) is 17.0 Å². The van der Waals surface area contributed by atoms with Crippen molar-refractivity contribution in [1.82, 2.24) is 4.98 Å². The van der Waals surface area contributed by atoms with Crippen LogP contribution < -0.4 is 10.0 Å². The highest BCUT2D eigenvalue weighted by molar-refractivity contribution is 7.89. The van der Waals surface area contributed by atoms with Crippen LogP contribution in [0.15, 0.2) is 30.3 Å². The van der Waals surface area contributed by atoms with Gasteiger partial charge in [0.25, 0.3) is 0 Å². The van der Waals surface area contributed by atoms with E-state index in [-0.39, 0.29) is 29.2 Å². The summed E-state index contributed by atoms with van der Waals surface area (Å²) in [6, 6.07) is 8.98. The predicted octanol–water partition coefficient (Wildman–Crippen LogP) is 1.53. The third-order valence-corrected chi connectivity index (χ3v) is 4.76. The molecule has 3 rings (SSSR count). The van der Waals surface area contributed by atoms with Crippen molar-refractivity contribution in [2.45, 2.75) is 6.42 Å². The maximum Gasteiger partial charge on any atom is 0.227 e. The Balaban J connectivity index is 1.99. The van der Waals surface area contributed by atoms with Crippen LogP contribution in [-0.4, -0.2) is 31.6 Å². The molecular formula is C14H14ClN3O3S. The number of pyridine rings is 1. The average Bonchev–Trinajstić information content (AvgIpc) is 2.76. The minimum absolute atomic E-state index is 0.138. The summed E-state index contributed by atoms with van der Waals surface area (Å²) in [6.45, 7) is 0.305. The number of carbonyl (C=O) groups is 1. The number of fused-ring (bicyclic) bond motifs is 1. The SMILES string of the molecule is NS(=O)(=O)CC1CC(=O)N(c2cc(Cl)nc3ccccc23)C1. The number of nitrogens with two attached hydrogens (primary N) is 1. The van der Waals surface area contributed by atoms with E-state index in [1.165, 1.54) is 0 Å². The lowest BCUT2D eigenvalue weighted by Gasteiger charge is -2.19. The lowest BCUT2D eigenvalue weighted by molar-refractivity contribution is -0.117. The van der Waals surface area contributed by atoms with Gasteiger partial charge in [-0.05, 0) is 12.1 Å². The molecule has 22 heavy (non-hydrogen) atoms. The van der Waals surface area contributed by atoms with Gasteiger partial charge in [0.2, 0.25) is 15.9 Å². The molecule has 0 spiro atoms. The average molecular weight is 340 g/mol. The van der Waals surface area contributed by atoms with Gasteiger partial charge in [-0.15, -0.1) is 0 Å². The number of amides is 1. The zero-order valence-electron chi connectivity index (χ0n) is 11.6. The number of primary sulfonamides is 1. The van der Waals surface area contributed by atoms with Gasteiger partial charge >= 0.3 is 0 Å². The number of carbonyl (C=O) groups excluding carboxylic acids is 1. The van der Waals surface area contributed by atoms with E-state index in [9.17, 15) is 13.2 Å². The summed E-state index contributed by atoms with van der Waals surface area (Å²) in [5.41, 5.74) is 1.34. The molecule has 0 aliphatic carbocycles. The Morgan fingerprint density at radius 3 is 2.82 bits per heavy atom. The second-order valence-electron chi connectivity index (χ2n) is 5.39. The lowest BCUT2D eigenvalue weighted by atomic mass is 10.1. The zero-order valence-corrected chi connectivity index (χ0v) is 13.1. The Labute approximate surface area is 132 Å². The zero-order chi connectivity index (χ0) is 15.9. The molecule has 116 valence electrons. The van der Waals surface area contributed by atoms with E-state index in [0.717, 1.165) is 5.39 Å². The molecule has 6 nitrogen and oxygen atoms in total. The second-order valence-corrected chi connectivity index (χ2v) is 7.43. The monoisotopic (exact) mass is 339 g/mol. The number of rotatable bonds is 3. The Kier molecular flexibility index (Phi) is 3.80. The molecule has 2 N–H and O–H groups in total. The first-order chi connectivity index (χ1) is 10.3. The van der Waals surface area contributed by atoms with Gasteiger partial charge in [0.15, 0.2) is 0 Å². The minimum Gasteiger partial charge on any atom is -0.311 e. The molecular weight excluding hydrogens is 326 g/mol. The van der Waals surface area contributed by atoms with Gasteiger partial charge < -0.3 is 4.90 Å². The number of sulfonamides is 1. The number of hydrogen-bond donors (Lipinski definition) is 1. The van der Waals surface area contributed by atoms with E-state index < -0.39 is 10.0 Å². The van der Waals surface area contributed by atoms with Crippen LogP contribution >= 0.6 is 11.6 Å². The van der Waals surface area contributed by atoms with Crippen molar-refractivity contribution < 1.29 is 13.2 Å². The summed E-state index contributed by atoms with van der Waals surface area (Å²) in [7, 11) is -3.60. The third-order valence-electron chi connectivity index (χ3n) is 3.63. The van der Waals surface area contributed by atoms with Crippen molar-refractivity contribution in [2.75, 3.05) is 17.2 Å². The number of hydrogen-bond acceptors (Lipinski definition) is 4. The lowest BCUT2D eigenvalue weighted by Crippen LogP contribution is -2.27. The highest BCUT2D eigenvalue weighted by Crippen LogP contribution is 2.33. The molecule has 1 unspecified atom stereocenters. The fourth-order valence-corrected chi connectivity index (χ4v) is 3.88. The summed E-state index contributed by atoms with van der Waals surface area (Å²) in [5, 5.41) is 6.16. The molecule has 2 aromatic rings. The summed E-state index contributed by atoms with van der Waals surface area (Å²) in [4.78, 5) is 18.0. The van der Waals surface area contributed by atoms with Crippen molar-refractivity contribution in [2.24, 2.45) is 11.1 Å².